The van der Waals surface area contributed by atoms with Gasteiger partial charge in [-0.2, -0.15) is 0 Å². The second-order valence-corrected chi connectivity index (χ2v) is 8.02. The Morgan fingerprint density at radius 1 is 0.938 bits per heavy atom. The molecule has 1 aliphatic heterocycles. The van der Waals surface area contributed by atoms with Crippen LogP contribution in [-0.2, 0) is 4.79 Å². The number of nitrogens with one attached hydrogen (secondary N) is 2. The van der Waals surface area contributed by atoms with Crippen molar-refractivity contribution in [2.75, 3.05) is 48.3 Å². The van der Waals surface area contributed by atoms with E-state index in [0.29, 0.717) is 5.95 Å². The minimum Gasteiger partial charge on any atom is -0.369 e. The molecule has 1 amide bonds. The fourth-order valence-electron chi connectivity index (χ4n) is 3.94. The Morgan fingerprint density at radius 3 is 2.28 bits per heavy atom. The predicted octanol–water partition coefficient (Wildman–Crippen LogP) is 4.38. The fraction of sp³-hybridized carbons (Fsp3) is 0.320. The molecule has 1 aliphatic rings. The fourth-order valence-corrected chi connectivity index (χ4v) is 3.94. The van der Waals surface area contributed by atoms with Crippen molar-refractivity contribution in [3.63, 3.8) is 0 Å². The monoisotopic (exact) mass is 430 g/mol. The zero-order chi connectivity index (χ0) is 22.3. The van der Waals surface area contributed by atoms with Crippen LogP contribution in [0.15, 0.2) is 60.8 Å². The molecule has 2 N–H and O–H groups in total. The molecule has 2 aromatic carbocycles. The summed E-state index contributed by atoms with van der Waals surface area (Å²) >= 11 is 0. The average molecular weight is 431 g/mol. The van der Waals surface area contributed by atoms with Crippen molar-refractivity contribution in [1.29, 1.82) is 0 Å². The molecule has 32 heavy (non-hydrogen) atoms. The number of anilines is 4. The van der Waals surface area contributed by atoms with Crippen molar-refractivity contribution in [2.24, 2.45) is 0 Å². The highest BCUT2D eigenvalue weighted by molar-refractivity contribution is 5.88. The zero-order valence-corrected chi connectivity index (χ0v) is 18.7. The van der Waals surface area contributed by atoms with Crippen LogP contribution in [0.3, 0.4) is 0 Å². The third kappa shape index (κ3) is 5.62. The van der Waals surface area contributed by atoms with Crippen LogP contribution < -0.4 is 15.5 Å². The number of piperazine rings is 1. The van der Waals surface area contributed by atoms with Gasteiger partial charge < -0.3 is 15.5 Å². The molecule has 0 atom stereocenters. The molecule has 1 saturated heterocycles. The van der Waals surface area contributed by atoms with E-state index in [-0.39, 0.29) is 5.91 Å². The van der Waals surface area contributed by atoms with Crippen LogP contribution in [-0.4, -0.2) is 53.5 Å². The van der Waals surface area contributed by atoms with E-state index >= 15 is 0 Å². The van der Waals surface area contributed by atoms with Crippen molar-refractivity contribution in [1.82, 2.24) is 14.9 Å². The predicted molar refractivity (Wildman–Crippen MR) is 130 cm³/mol. The van der Waals surface area contributed by atoms with Gasteiger partial charge in [-0.15, -0.1) is 0 Å². The van der Waals surface area contributed by atoms with E-state index in [9.17, 15) is 4.79 Å². The Kier molecular flexibility index (Phi) is 6.97. The third-order valence-electron chi connectivity index (χ3n) is 5.56. The van der Waals surface area contributed by atoms with Crippen molar-refractivity contribution in [3.8, 4) is 11.3 Å². The Bertz CT molecular complexity index is 1030. The Morgan fingerprint density at radius 2 is 1.62 bits per heavy atom. The molecule has 3 aromatic rings. The minimum atomic E-state index is -0.0870. The Labute approximate surface area is 189 Å². The van der Waals surface area contributed by atoms with Gasteiger partial charge in [-0.25, -0.2) is 9.97 Å². The van der Waals surface area contributed by atoms with Crippen LogP contribution in [0.5, 0.6) is 0 Å². The number of carbonyl (C=O) groups excluding carboxylic acids is 1. The molecule has 7 heteroatoms. The molecule has 166 valence electrons. The molecule has 1 fully saturated rings. The molecule has 2 heterocycles. The van der Waals surface area contributed by atoms with Gasteiger partial charge in [0.2, 0.25) is 11.9 Å². The van der Waals surface area contributed by atoms with Crippen LogP contribution in [0.2, 0.25) is 0 Å². The summed E-state index contributed by atoms with van der Waals surface area (Å²) in [5.41, 5.74) is 4.75. The van der Waals surface area contributed by atoms with E-state index in [0.717, 1.165) is 48.8 Å². The first-order valence-corrected chi connectivity index (χ1v) is 11.2. The molecule has 0 saturated carbocycles. The Balaban J connectivity index is 1.39. The van der Waals surface area contributed by atoms with Gasteiger partial charge in [0.1, 0.15) is 0 Å². The maximum atomic E-state index is 11.2. The normalized spacial score (nSPS) is 14.2. The van der Waals surface area contributed by atoms with E-state index in [1.807, 2.05) is 30.3 Å². The number of nitrogens with zero attached hydrogens (tertiary/aromatic N) is 4. The molecule has 0 radical (unpaired) electrons. The highest BCUT2D eigenvalue weighted by Crippen LogP contribution is 2.23. The van der Waals surface area contributed by atoms with Crippen LogP contribution >= 0.6 is 0 Å². The van der Waals surface area contributed by atoms with Crippen molar-refractivity contribution < 1.29 is 4.79 Å². The van der Waals surface area contributed by atoms with E-state index in [4.69, 9.17) is 0 Å². The quantitative estimate of drug-likeness (QED) is 0.580. The standard InChI is InChI=1S/C25H30N6O/c1-3-14-30-15-17-31(18-16-30)23-10-8-22(9-11-23)28-25-26-13-12-24(29-25)20-4-6-21(7-5-20)27-19(2)32/h4-13H,3,14-18H2,1-2H3,(H,27,32)(H,26,28,29). The summed E-state index contributed by atoms with van der Waals surface area (Å²) in [6, 6.07) is 17.9. The van der Waals surface area contributed by atoms with Crippen molar-refractivity contribution in [3.05, 3.63) is 60.8 Å². The highest BCUT2D eigenvalue weighted by atomic mass is 16.1. The van der Waals surface area contributed by atoms with Crippen LogP contribution in [0.1, 0.15) is 20.3 Å². The van der Waals surface area contributed by atoms with E-state index in [2.05, 4.69) is 61.6 Å². The number of carbonyl (C=O) groups is 1. The summed E-state index contributed by atoms with van der Waals surface area (Å²) in [6.07, 6.45) is 2.96. The van der Waals surface area contributed by atoms with Crippen LogP contribution in [0.4, 0.5) is 23.0 Å². The Hall–Kier alpha value is -3.45. The number of aromatic nitrogens is 2. The molecule has 0 spiro atoms. The number of hydrogen-bond acceptors (Lipinski definition) is 6. The summed E-state index contributed by atoms with van der Waals surface area (Å²) in [5, 5.41) is 6.07. The first kappa shape index (κ1) is 21.8. The molecule has 4 rings (SSSR count). The summed E-state index contributed by atoms with van der Waals surface area (Å²) in [6.45, 7) is 9.31. The largest absolute Gasteiger partial charge is 0.369 e. The van der Waals surface area contributed by atoms with Crippen molar-refractivity contribution in [2.45, 2.75) is 20.3 Å². The van der Waals surface area contributed by atoms with Gasteiger partial charge in [0.15, 0.2) is 0 Å². The minimum absolute atomic E-state index is 0.0870. The van der Waals surface area contributed by atoms with Gasteiger partial charge >= 0.3 is 0 Å². The number of benzene rings is 2. The molecule has 0 aliphatic carbocycles. The first-order valence-electron chi connectivity index (χ1n) is 11.2. The van der Waals surface area contributed by atoms with Gasteiger partial charge in [0.05, 0.1) is 5.69 Å². The molecular weight excluding hydrogens is 400 g/mol. The summed E-state index contributed by atoms with van der Waals surface area (Å²) < 4.78 is 0. The SMILES string of the molecule is CCCN1CCN(c2ccc(Nc3nccc(-c4ccc(NC(C)=O)cc4)n3)cc2)CC1. The van der Waals surface area contributed by atoms with Gasteiger partial charge in [-0.05, 0) is 55.4 Å². The molecule has 0 unspecified atom stereocenters. The summed E-state index contributed by atoms with van der Waals surface area (Å²) in [4.78, 5) is 25.2. The van der Waals surface area contributed by atoms with Crippen LogP contribution in [0, 0.1) is 0 Å². The van der Waals surface area contributed by atoms with Gasteiger partial charge in [0, 0.05) is 61.9 Å². The van der Waals surface area contributed by atoms with Gasteiger partial charge in [-0.3, -0.25) is 9.69 Å². The van der Waals surface area contributed by atoms with Gasteiger partial charge in [0.25, 0.3) is 0 Å². The summed E-state index contributed by atoms with van der Waals surface area (Å²) in [7, 11) is 0. The second kappa shape index (κ2) is 10.2. The molecular formula is C25H30N6O. The third-order valence-corrected chi connectivity index (χ3v) is 5.56. The topological polar surface area (TPSA) is 73.4 Å². The second-order valence-electron chi connectivity index (χ2n) is 8.02. The highest BCUT2D eigenvalue weighted by Gasteiger charge is 2.16. The summed E-state index contributed by atoms with van der Waals surface area (Å²) in [5.74, 6) is 0.463. The zero-order valence-electron chi connectivity index (χ0n) is 18.7. The van der Waals surface area contributed by atoms with Gasteiger partial charge in [-0.1, -0.05) is 19.1 Å². The van der Waals surface area contributed by atoms with E-state index in [1.54, 1.807) is 6.20 Å². The lowest BCUT2D eigenvalue weighted by Crippen LogP contribution is -2.46. The maximum Gasteiger partial charge on any atom is 0.227 e. The maximum absolute atomic E-state index is 11.2. The lowest BCUT2D eigenvalue weighted by molar-refractivity contribution is -0.114. The first-order chi connectivity index (χ1) is 15.6. The number of amides is 1. The molecule has 7 nitrogen and oxygen atoms in total. The van der Waals surface area contributed by atoms with E-state index < -0.39 is 0 Å². The average Bonchev–Trinajstić information content (AvgIpc) is 2.81. The molecule has 0 bridgehead atoms. The smallest absolute Gasteiger partial charge is 0.227 e. The van der Waals surface area contributed by atoms with E-state index in [1.165, 1.54) is 25.6 Å². The number of rotatable bonds is 7. The lowest BCUT2D eigenvalue weighted by atomic mass is 10.1. The number of hydrogen-bond donors (Lipinski definition) is 2. The molecule has 1 aromatic heterocycles. The van der Waals surface area contributed by atoms with Crippen molar-refractivity contribution >= 4 is 28.9 Å². The van der Waals surface area contributed by atoms with Crippen LogP contribution in [0.25, 0.3) is 11.3 Å². The lowest BCUT2D eigenvalue weighted by Gasteiger charge is -2.36.